The zero-order chi connectivity index (χ0) is 12.4. The second-order valence-corrected chi connectivity index (χ2v) is 4.80. The summed E-state index contributed by atoms with van der Waals surface area (Å²) in [5.41, 5.74) is 2.31. The third-order valence-corrected chi connectivity index (χ3v) is 3.67. The van der Waals surface area contributed by atoms with E-state index in [0.717, 1.165) is 11.1 Å². The van der Waals surface area contributed by atoms with E-state index in [0.29, 0.717) is 16.3 Å². The van der Waals surface area contributed by atoms with E-state index in [1.165, 1.54) is 11.3 Å². The summed E-state index contributed by atoms with van der Waals surface area (Å²) in [7, 11) is 1.55. The maximum absolute atomic E-state index is 12.2. The molecule has 0 aliphatic heterocycles. The van der Waals surface area contributed by atoms with Gasteiger partial charge in [0.05, 0.1) is 12.1 Å². The van der Waals surface area contributed by atoms with Gasteiger partial charge < -0.3 is 4.74 Å². The summed E-state index contributed by atoms with van der Waals surface area (Å²) in [6.07, 6.45) is 0. The van der Waals surface area contributed by atoms with Crippen LogP contribution < -0.4 is 4.74 Å². The molecule has 0 saturated carbocycles. The average molecular weight is 267 g/mol. The minimum atomic E-state index is -0.00620. The van der Waals surface area contributed by atoms with Gasteiger partial charge in [-0.1, -0.05) is 11.6 Å². The number of ether oxygens (including phenoxy) is 1. The minimum absolute atomic E-state index is 0.00620. The maximum atomic E-state index is 12.2. The fourth-order valence-corrected chi connectivity index (χ4v) is 2.64. The van der Waals surface area contributed by atoms with Crippen LogP contribution in [-0.4, -0.2) is 12.9 Å². The largest absolute Gasteiger partial charge is 0.495 e. The highest BCUT2D eigenvalue weighted by molar-refractivity contribution is 7.08. The lowest BCUT2D eigenvalue weighted by Crippen LogP contribution is -2.01. The van der Waals surface area contributed by atoms with Crippen LogP contribution in [0.2, 0.25) is 5.02 Å². The molecule has 17 heavy (non-hydrogen) atoms. The zero-order valence-electron chi connectivity index (χ0n) is 9.49. The third kappa shape index (κ3) is 2.35. The Labute approximate surface area is 109 Å². The highest BCUT2D eigenvalue weighted by atomic mass is 35.5. The molecule has 0 N–H and O–H groups in total. The molecule has 0 atom stereocenters. The van der Waals surface area contributed by atoms with Gasteiger partial charge >= 0.3 is 0 Å². The van der Waals surface area contributed by atoms with Crippen LogP contribution in [0.3, 0.4) is 0 Å². The molecule has 0 amide bonds. The summed E-state index contributed by atoms with van der Waals surface area (Å²) in [6.45, 7) is 1.93. The van der Waals surface area contributed by atoms with Crippen LogP contribution in [0, 0.1) is 6.92 Å². The zero-order valence-corrected chi connectivity index (χ0v) is 11.1. The van der Waals surface area contributed by atoms with E-state index in [2.05, 4.69) is 0 Å². The highest BCUT2D eigenvalue weighted by Gasteiger charge is 2.14. The van der Waals surface area contributed by atoms with Gasteiger partial charge in [0, 0.05) is 16.5 Å². The number of benzene rings is 1. The summed E-state index contributed by atoms with van der Waals surface area (Å²) < 4.78 is 5.05. The van der Waals surface area contributed by atoms with Gasteiger partial charge in [-0.05, 0) is 36.1 Å². The second-order valence-electron chi connectivity index (χ2n) is 3.65. The molecule has 2 rings (SSSR count). The molecular weight excluding hydrogens is 256 g/mol. The van der Waals surface area contributed by atoms with Crippen LogP contribution in [0.15, 0.2) is 29.0 Å². The number of rotatable bonds is 3. The number of thiophene rings is 1. The van der Waals surface area contributed by atoms with Crippen LogP contribution in [-0.2, 0) is 0 Å². The number of aryl methyl sites for hydroxylation is 1. The first-order chi connectivity index (χ1) is 8.13. The van der Waals surface area contributed by atoms with Crippen molar-refractivity contribution < 1.29 is 9.53 Å². The van der Waals surface area contributed by atoms with E-state index < -0.39 is 0 Å². The Bertz CT molecular complexity index is 560. The molecule has 88 valence electrons. The number of halogens is 1. The average Bonchev–Trinajstić information content (AvgIpc) is 2.74. The van der Waals surface area contributed by atoms with Crippen molar-refractivity contribution in [2.45, 2.75) is 6.92 Å². The van der Waals surface area contributed by atoms with Crippen LogP contribution in [0.25, 0.3) is 0 Å². The Kier molecular flexibility index (Phi) is 3.50. The van der Waals surface area contributed by atoms with Crippen molar-refractivity contribution >= 4 is 28.7 Å². The van der Waals surface area contributed by atoms with Gasteiger partial charge in [0.1, 0.15) is 5.75 Å². The molecule has 0 fully saturated rings. The SMILES string of the molecule is COc1ccc(C(=O)c2cscc2C)cc1Cl. The van der Waals surface area contributed by atoms with Crippen molar-refractivity contribution in [2.75, 3.05) is 7.11 Å². The van der Waals surface area contributed by atoms with Crippen molar-refractivity contribution in [1.29, 1.82) is 0 Å². The molecule has 2 nitrogen and oxygen atoms in total. The fraction of sp³-hybridized carbons (Fsp3) is 0.154. The van der Waals surface area contributed by atoms with E-state index in [-0.39, 0.29) is 5.78 Å². The van der Waals surface area contributed by atoms with E-state index >= 15 is 0 Å². The summed E-state index contributed by atoms with van der Waals surface area (Å²) >= 11 is 7.52. The van der Waals surface area contributed by atoms with Crippen molar-refractivity contribution in [1.82, 2.24) is 0 Å². The Morgan fingerprint density at radius 1 is 1.35 bits per heavy atom. The lowest BCUT2D eigenvalue weighted by Gasteiger charge is -2.05. The van der Waals surface area contributed by atoms with Crippen molar-refractivity contribution in [3.63, 3.8) is 0 Å². The molecule has 1 aromatic heterocycles. The quantitative estimate of drug-likeness (QED) is 0.787. The number of methoxy groups -OCH3 is 1. The van der Waals surface area contributed by atoms with Gasteiger partial charge in [-0.25, -0.2) is 0 Å². The van der Waals surface area contributed by atoms with Gasteiger partial charge in [-0.2, -0.15) is 11.3 Å². The Morgan fingerprint density at radius 2 is 2.12 bits per heavy atom. The lowest BCUT2D eigenvalue weighted by atomic mass is 10.0. The molecule has 0 spiro atoms. The monoisotopic (exact) mass is 266 g/mol. The summed E-state index contributed by atoms with van der Waals surface area (Å²) in [5, 5.41) is 4.26. The Morgan fingerprint density at radius 3 is 2.65 bits per heavy atom. The molecule has 0 radical (unpaired) electrons. The van der Waals surface area contributed by atoms with Crippen LogP contribution in [0.5, 0.6) is 5.75 Å². The van der Waals surface area contributed by atoms with Gasteiger partial charge in [0.25, 0.3) is 0 Å². The second kappa shape index (κ2) is 4.90. The lowest BCUT2D eigenvalue weighted by molar-refractivity contribution is 0.103. The smallest absolute Gasteiger partial charge is 0.194 e. The number of hydrogen-bond acceptors (Lipinski definition) is 3. The number of ketones is 1. The molecule has 0 aliphatic rings. The summed E-state index contributed by atoms with van der Waals surface area (Å²) in [6, 6.07) is 5.07. The molecule has 1 aromatic carbocycles. The highest BCUT2D eigenvalue weighted by Crippen LogP contribution is 2.27. The van der Waals surface area contributed by atoms with Crippen LogP contribution >= 0.6 is 22.9 Å². The third-order valence-electron chi connectivity index (χ3n) is 2.51. The van der Waals surface area contributed by atoms with Gasteiger partial charge in [-0.15, -0.1) is 0 Å². The first kappa shape index (κ1) is 12.1. The standard InChI is InChI=1S/C13H11ClO2S/c1-8-6-17-7-10(8)13(15)9-3-4-12(16-2)11(14)5-9/h3-7H,1-2H3. The first-order valence-electron chi connectivity index (χ1n) is 5.04. The van der Waals surface area contributed by atoms with Crippen LogP contribution in [0.4, 0.5) is 0 Å². The van der Waals surface area contributed by atoms with Gasteiger partial charge in [0.2, 0.25) is 0 Å². The number of carbonyl (C=O) groups excluding carboxylic acids is 1. The predicted octanol–water partition coefficient (Wildman–Crippen LogP) is 3.95. The normalized spacial score (nSPS) is 10.3. The molecular formula is C13H11ClO2S. The minimum Gasteiger partial charge on any atom is -0.495 e. The summed E-state index contributed by atoms with van der Waals surface area (Å²) in [4.78, 5) is 12.2. The van der Waals surface area contributed by atoms with Crippen LogP contribution in [0.1, 0.15) is 21.5 Å². The predicted molar refractivity (Wildman–Crippen MR) is 70.5 cm³/mol. The molecule has 0 saturated heterocycles. The van der Waals surface area contributed by atoms with Crippen molar-refractivity contribution in [3.8, 4) is 5.75 Å². The molecule has 0 bridgehead atoms. The maximum Gasteiger partial charge on any atom is 0.194 e. The van der Waals surface area contributed by atoms with E-state index in [1.807, 2.05) is 17.7 Å². The van der Waals surface area contributed by atoms with Gasteiger partial charge in [0.15, 0.2) is 5.78 Å². The van der Waals surface area contributed by atoms with Gasteiger partial charge in [-0.3, -0.25) is 4.79 Å². The van der Waals surface area contributed by atoms with E-state index in [9.17, 15) is 4.79 Å². The topological polar surface area (TPSA) is 26.3 Å². The van der Waals surface area contributed by atoms with E-state index in [4.69, 9.17) is 16.3 Å². The number of hydrogen-bond donors (Lipinski definition) is 0. The first-order valence-corrected chi connectivity index (χ1v) is 6.36. The molecule has 0 aliphatic carbocycles. The Hall–Kier alpha value is -1.32. The molecule has 2 aromatic rings. The fourth-order valence-electron chi connectivity index (χ4n) is 1.56. The molecule has 0 unspecified atom stereocenters. The van der Waals surface area contributed by atoms with Crippen molar-refractivity contribution in [3.05, 3.63) is 50.7 Å². The number of carbonyl (C=O) groups is 1. The molecule has 4 heteroatoms. The Balaban J connectivity index is 2.39. The van der Waals surface area contributed by atoms with E-state index in [1.54, 1.807) is 25.3 Å². The van der Waals surface area contributed by atoms with Crippen molar-refractivity contribution in [2.24, 2.45) is 0 Å². The molecule has 1 heterocycles. The summed E-state index contributed by atoms with van der Waals surface area (Å²) in [5.74, 6) is 0.568.